The average molecular weight is 231 g/mol. The van der Waals surface area contributed by atoms with Crippen molar-refractivity contribution in [2.45, 2.75) is 19.9 Å². The van der Waals surface area contributed by atoms with E-state index in [1.807, 2.05) is 10.8 Å². The Balaban J connectivity index is 2.19. The van der Waals surface area contributed by atoms with Crippen molar-refractivity contribution >= 4 is 5.69 Å². The summed E-state index contributed by atoms with van der Waals surface area (Å²) in [5, 5.41) is 3.38. The van der Waals surface area contributed by atoms with E-state index in [1.165, 1.54) is 12.1 Å². The van der Waals surface area contributed by atoms with Gasteiger partial charge in [0.15, 0.2) is 0 Å². The number of rotatable bonds is 1. The minimum atomic E-state index is -0.220. The highest BCUT2D eigenvalue weighted by Crippen LogP contribution is 2.36. The second-order valence-corrected chi connectivity index (χ2v) is 4.72. The Labute approximate surface area is 99.3 Å². The Morgan fingerprint density at radius 3 is 3.00 bits per heavy atom. The Kier molecular flexibility index (Phi) is 2.18. The number of anilines is 1. The molecule has 0 radical (unpaired) electrons. The van der Waals surface area contributed by atoms with Gasteiger partial charge in [-0.1, -0.05) is 13.8 Å². The van der Waals surface area contributed by atoms with Crippen LogP contribution in [0.15, 0.2) is 30.7 Å². The van der Waals surface area contributed by atoms with Gasteiger partial charge in [0.1, 0.15) is 5.82 Å². The largest absolute Gasteiger partial charge is 0.375 e. The molecule has 0 unspecified atom stereocenters. The van der Waals surface area contributed by atoms with E-state index < -0.39 is 0 Å². The Morgan fingerprint density at radius 1 is 1.41 bits per heavy atom. The van der Waals surface area contributed by atoms with Crippen LogP contribution in [-0.4, -0.2) is 9.55 Å². The zero-order valence-electron chi connectivity index (χ0n) is 9.81. The van der Waals surface area contributed by atoms with Crippen LogP contribution >= 0.6 is 0 Å². The number of hydrogen-bond donors (Lipinski definition) is 1. The molecule has 2 heterocycles. The lowest BCUT2D eigenvalue weighted by atomic mass is 9.98. The number of fused-ring (bicyclic) bond motifs is 3. The van der Waals surface area contributed by atoms with E-state index in [-0.39, 0.29) is 11.9 Å². The lowest BCUT2D eigenvalue weighted by molar-refractivity contribution is 0.519. The lowest BCUT2D eigenvalue weighted by Gasteiger charge is -2.31. The first-order valence-electron chi connectivity index (χ1n) is 5.75. The molecule has 1 aliphatic heterocycles. The molecule has 17 heavy (non-hydrogen) atoms. The summed E-state index contributed by atoms with van der Waals surface area (Å²) >= 11 is 0. The zero-order valence-corrected chi connectivity index (χ0v) is 9.81. The predicted molar refractivity (Wildman–Crippen MR) is 64.7 cm³/mol. The third kappa shape index (κ3) is 1.52. The van der Waals surface area contributed by atoms with Gasteiger partial charge >= 0.3 is 0 Å². The van der Waals surface area contributed by atoms with Gasteiger partial charge in [-0.05, 0) is 24.1 Å². The summed E-state index contributed by atoms with van der Waals surface area (Å²) in [7, 11) is 0. The summed E-state index contributed by atoms with van der Waals surface area (Å²) < 4.78 is 15.3. The van der Waals surface area contributed by atoms with Gasteiger partial charge in [0.2, 0.25) is 0 Å². The third-order valence-electron chi connectivity index (χ3n) is 3.18. The highest BCUT2D eigenvalue weighted by atomic mass is 19.1. The highest BCUT2D eigenvalue weighted by Gasteiger charge is 2.26. The van der Waals surface area contributed by atoms with Crippen molar-refractivity contribution in [3.05, 3.63) is 42.2 Å². The van der Waals surface area contributed by atoms with E-state index in [1.54, 1.807) is 12.4 Å². The topological polar surface area (TPSA) is 29.9 Å². The van der Waals surface area contributed by atoms with Crippen molar-refractivity contribution in [1.29, 1.82) is 0 Å². The molecule has 88 valence electrons. The highest BCUT2D eigenvalue weighted by molar-refractivity contribution is 5.65. The average Bonchev–Trinajstić information content (AvgIpc) is 2.76. The maximum atomic E-state index is 13.3. The molecule has 0 fully saturated rings. The summed E-state index contributed by atoms with van der Waals surface area (Å²) in [5.74, 6) is 0.198. The quantitative estimate of drug-likeness (QED) is 0.817. The van der Waals surface area contributed by atoms with Crippen molar-refractivity contribution in [3.8, 4) is 5.69 Å². The monoisotopic (exact) mass is 231 g/mol. The summed E-state index contributed by atoms with van der Waals surface area (Å²) in [4.78, 5) is 4.19. The number of nitrogens with one attached hydrogen (secondary N) is 1. The fourth-order valence-electron chi connectivity index (χ4n) is 2.32. The Morgan fingerprint density at radius 2 is 2.24 bits per heavy atom. The summed E-state index contributed by atoms with van der Waals surface area (Å²) in [6.45, 7) is 4.28. The third-order valence-corrected chi connectivity index (χ3v) is 3.18. The molecule has 1 aliphatic rings. The molecule has 1 N–H and O–H groups in total. The smallest absolute Gasteiger partial charge is 0.125 e. The van der Waals surface area contributed by atoms with E-state index in [2.05, 4.69) is 24.1 Å². The van der Waals surface area contributed by atoms with Crippen molar-refractivity contribution in [2.75, 3.05) is 5.32 Å². The molecular formula is C13H14FN3. The number of halogens is 1. The molecule has 0 bridgehead atoms. The molecule has 1 aromatic carbocycles. The van der Waals surface area contributed by atoms with Gasteiger partial charge in [-0.15, -0.1) is 0 Å². The lowest BCUT2D eigenvalue weighted by Crippen LogP contribution is -2.25. The van der Waals surface area contributed by atoms with E-state index >= 15 is 0 Å². The number of hydrogen-bond acceptors (Lipinski definition) is 2. The van der Waals surface area contributed by atoms with E-state index in [9.17, 15) is 4.39 Å². The van der Waals surface area contributed by atoms with Crippen LogP contribution in [0.25, 0.3) is 5.69 Å². The van der Waals surface area contributed by atoms with Crippen molar-refractivity contribution in [2.24, 2.45) is 5.92 Å². The molecule has 3 nitrogen and oxygen atoms in total. The van der Waals surface area contributed by atoms with Gasteiger partial charge in [-0.2, -0.15) is 0 Å². The first-order chi connectivity index (χ1) is 8.16. The molecule has 3 rings (SSSR count). The van der Waals surface area contributed by atoms with Crippen LogP contribution in [0.1, 0.15) is 25.6 Å². The van der Waals surface area contributed by atoms with Crippen molar-refractivity contribution in [3.63, 3.8) is 0 Å². The van der Waals surface area contributed by atoms with E-state index in [0.717, 1.165) is 17.1 Å². The Hall–Kier alpha value is -1.84. The second kappa shape index (κ2) is 3.58. The predicted octanol–water partition coefficient (Wildman–Crippen LogP) is 3.13. The maximum Gasteiger partial charge on any atom is 0.125 e. The first kappa shape index (κ1) is 10.3. The fraction of sp³-hybridized carbons (Fsp3) is 0.308. The summed E-state index contributed by atoms with van der Waals surface area (Å²) in [5.41, 5.74) is 2.91. The maximum absolute atomic E-state index is 13.3. The van der Waals surface area contributed by atoms with Gasteiger partial charge in [0, 0.05) is 0 Å². The van der Waals surface area contributed by atoms with E-state index in [4.69, 9.17) is 0 Å². The molecular weight excluding hydrogens is 217 g/mol. The number of nitrogens with zero attached hydrogens (tertiary/aromatic N) is 2. The van der Waals surface area contributed by atoms with Crippen LogP contribution in [0.2, 0.25) is 0 Å². The van der Waals surface area contributed by atoms with Gasteiger partial charge in [-0.25, -0.2) is 9.37 Å². The Bertz CT molecular complexity index is 560. The molecule has 0 amide bonds. The van der Waals surface area contributed by atoms with Gasteiger partial charge < -0.3 is 5.32 Å². The zero-order chi connectivity index (χ0) is 12.0. The molecule has 1 atom stereocenters. The first-order valence-corrected chi connectivity index (χ1v) is 5.75. The molecule has 4 heteroatoms. The fourth-order valence-corrected chi connectivity index (χ4v) is 2.32. The summed E-state index contributed by atoms with van der Waals surface area (Å²) in [6, 6.07) is 4.96. The minimum Gasteiger partial charge on any atom is -0.375 e. The van der Waals surface area contributed by atoms with Crippen LogP contribution < -0.4 is 5.32 Å². The van der Waals surface area contributed by atoms with Crippen molar-refractivity contribution in [1.82, 2.24) is 9.55 Å². The van der Waals surface area contributed by atoms with Crippen LogP contribution in [-0.2, 0) is 0 Å². The normalized spacial score (nSPS) is 17.5. The number of benzene rings is 1. The molecule has 2 aromatic rings. The molecule has 1 aromatic heterocycles. The van der Waals surface area contributed by atoms with E-state index in [0.29, 0.717) is 5.92 Å². The van der Waals surface area contributed by atoms with Crippen LogP contribution in [0.4, 0.5) is 10.1 Å². The molecule has 0 aliphatic carbocycles. The van der Waals surface area contributed by atoms with Gasteiger partial charge in [-0.3, -0.25) is 4.57 Å². The number of aromatic nitrogens is 2. The van der Waals surface area contributed by atoms with Crippen LogP contribution in [0, 0.1) is 11.7 Å². The second-order valence-electron chi connectivity index (χ2n) is 4.72. The molecule has 0 saturated carbocycles. The summed E-state index contributed by atoms with van der Waals surface area (Å²) in [6.07, 6.45) is 3.65. The standard InChI is InChI=1S/C13H14FN3/c1-8(2)13-12-6-15-7-17(12)11-4-3-9(14)5-10(11)16-13/h3-8,13,16H,1-2H3/t13-/m0/s1. The minimum absolute atomic E-state index is 0.173. The number of imidazole rings is 1. The van der Waals surface area contributed by atoms with Crippen LogP contribution in [0.5, 0.6) is 0 Å². The SMILES string of the molecule is CC(C)[C@@H]1Nc2cc(F)ccc2-n2cncc21. The van der Waals surface area contributed by atoms with Crippen molar-refractivity contribution < 1.29 is 4.39 Å². The molecule has 0 spiro atoms. The van der Waals surface area contributed by atoms with Gasteiger partial charge in [0.25, 0.3) is 0 Å². The molecule has 0 saturated heterocycles. The van der Waals surface area contributed by atoms with Gasteiger partial charge in [0.05, 0.1) is 35.6 Å². The van der Waals surface area contributed by atoms with Crippen LogP contribution in [0.3, 0.4) is 0 Å².